The highest BCUT2D eigenvalue weighted by Gasteiger charge is 2.72. The molecule has 0 amide bonds. The van der Waals surface area contributed by atoms with Gasteiger partial charge >= 0.3 is 5.97 Å². The lowest BCUT2D eigenvalue weighted by Gasteiger charge is -2.71. The molecule has 9 aliphatic rings. The fourth-order valence-corrected chi connectivity index (χ4v) is 16.4. The Kier molecular flexibility index (Phi) is 17.0. The summed E-state index contributed by atoms with van der Waals surface area (Å²) in [5.41, 5.74) is -3.41. The number of allylic oxidation sites excluding steroid dienone is 2. The highest BCUT2D eigenvalue weighted by atomic mass is 16.8. The molecule has 9 rings (SSSR count). The van der Waals surface area contributed by atoms with E-state index < -0.39 is 194 Å². The molecule has 0 unspecified atom stereocenters. The normalized spacial score (nSPS) is 55.0. The molecule has 4 aliphatic heterocycles. The number of aliphatic hydroxyl groups excluding tert-OH is 14. The minimum atomic E-state index is -1.92. The smallest absolute Gasteiger partial charge is 0.315 e. The molecule has 0 aromatic carbocycles. The molecule has 24 nitrogen and oxygen atoms in total. The first kappa shape index (κ1) is 60.6. The molecule has 4 saturated heterocycles. The van der Waals surface area contributed by atoms with Gasteiger partial charge in [0.25, 0.3) is 0 Å². The molecule has 4 saturated carbocycles. The van der Waals surface area contributed by atoms with Gasteiger partial charge in [-0.1, -0.05) is 53.2 Å². The van der Waals surface area contributed by atoms with Crippen molar-refractivity contribution in [2.24, 2.45) is 50.2 Å². The van der Waals surface area contributed by atoms with Crippen molar-refractivity contribution in [3.05, 3.63) is 11.6 Å². The van der Waals surface area contributed by atoms with Crippen LogP contribution in [0.4, 0.5) is 0 Å². The zero-order valence-electron chi connectivity index (χ0n) is 45.4. The van der Waals surface area contributed by atoms with Crippen LogP contribution in [0.15, 0.2) is 11.6 Å². The summed E-state index contributed by atoms with van der Waals surface area (Å²) in [5.74, 6) is -1.55. The largest absolute Gasteiger partial charge is 0.432 e. The van der Waals surface area contributed by atoms with Crippen molar-refractivity contribution in [3.63, 3.8) is 0 Å². The number of ether oxygens (including phenoxy) is 8. The average Bonchev–Trinajstić information content (AvgIpc) is 2.29. The van der Waals surface area contributed by atoms with Crippen molar-refractivity contribution in [1.82, 2.24) is 0 Å². The quantitative estimate of drug-likeness (QED) is 0.0405. The second kappa shape index (κ2) is 21.9. The van der Waals surface area contributed by atoms with Crippen LogP contribution in [0.3, 0.4) is 0 Å². The zero-order valence-corrected chi connectivity index (χ0v) is 45.4. The van der Waals surface area contributed by atoms with Crippen LogP contribution in [-0.4, -0.2) is 239 Å². The number of carbonyl (C=O) groups excluding carboxylic acids is 2. The topological polar surface area (TPSA) is 391 Å². The SMILES string of the molecule is C[C@@H]1O[C@@H](O[C@H]2[C@H](OC(=O)[C@]34CCC(C)(C)C[C@H]3C3=CC[C@@H]5[C@@]6(C)C[C@H](O)[C@H](O[C@@H]7O[C@H](CO)[C@@H](O)[C@H](O)[C@H]7O[C@@H]7O[C@H](CO)[C@@H](O)[C@H](O)[C@H]7O)[C@@](C)(C=O)[C@@H]6CC[C@@]5(C)[C@]3(C)CC4)O[C@H](CO)[C@@H](O)[C@@H]2O)[C@H](O)[C@H](O)[C@H]1O. The second-order valence-electron chi connectivity index (χ2n) is 26.1. The van der Waals surface area contributed by atoms with Crippen LogP contribution in [0.1, 0.15) is 106 Å². The molecule has 0 spiro atoms. The predicted molar refractivity (Wildman–Crippen MR) is 263 cm³/mol. The zero-order chi connectivity index (χ0) is 57.1. The van der Waals surface area contributed by atoms with E-state index in [-0.39, 0.29) is 23.7 Å². The monoisotopic (exact) mass is 1120 g/mol. The Morgan fingerprint density at radius 2 is 1.10 bits per heavy atom. The molecular formula is C54H86O24. The first-order chi connectivity index (χ1) is 36.5. The molecule has 14 N–H and O–H groups in total. The van der Waals surface area contributed by atoms with Crippen LogP contribution in [0.5, 0.6) is 0 Å². The van der Waals surface area contributed by atoms with E-state index in [0.717, 1.165) is 11.9 Å². The number of fused-ring (bicyclic) bond motifs is 7. The third kappa shape index (κ3) is 9.58. The Balaban J connectivity index is 0.992. The third-order valence-electron chi connectivity index (χ3n) is 21.3. The van der Waals surface area contributed by atoms with Gasteiger partial charge < -0.3 is 114 Å². The van der Waals surface area contributed by atoms with Gasteiger partial charge in [-0.3, -0.25) is 4.79 Å². The van der Waals surface area contributed by atoms with Crippen molar-refractivity contribution in [3.8, 4) is 0 Å². The maximum Gasteiger partial charge on any atom is 0.315 e. The lowest BCUT2D eigenvalue weighted by Crippen LogP contribution is -2.70. The average molecular weight is 1120 g/mol. The highest BCUT2D eigenvalue weighted by molar-refractivity contribution is 5.79. The van der Waals surface area contributed by atoms with Crippen LogP contribution in [-0.2, 0) is 47.5 Å². The molecule has 78 heavy (non-hydrogen) atoms. The molecule has 0 aromatic heterocycles. The summed E-state index contributed by atoms with van der Waals surface area (Å²) in [6.07, 6.45) is -28.6. The first-order valence-electron chi connectivity index (χ1n) is 27.8. The number of carbonyl (C=O) groups is 2. The van der Waals surface area contributed by atoms with Crippen LogP contribution < -0.4 is 0 Å². The molecule has 446 valence electrons. The van der Waals surface area contributed by atoms with E-state index in [1.807, 2.05) is 0 Å². The summed E-state index contributed by atoms with van der Waals surface area (Å²) in [7, 11) is 0. The number of aldehydes is 1. The first-order valence-corrected chi connectivity index (χ1v) is 27.8. The van der Waals surface area contributed by atoms with Crippen LogP contribution in [0.25, 0.3) is 0 Å². The number of hydrogen-bond donors (Lipinski definition) is 14. The molecular weight excluding hydrogens is 1030 g/mol. The van der Waals surface area contributed by atoms with Gasteiger partial charge in [-0.25, -0.2) is 0 Å². The standard InChI is InChI=1S/C54H86O24/c1-22-31(60)35(64)39(68)44(71-22)75-42-38(67)34(63)28(20-57)74-47(42)78-48(70)54-14-12-49(2,3)16-24(54)23-8-9-30-50(4)17-25(59)43(51(5,21-58)29(50)10-11-53(30,7)52(23,6)13-15-54)77-46-41(37(66)33(62)27(19-56)73-46)76-45-40(69)36(65)32(61)26(18-55)72-45/h8,21-22,24-47,55-57,59-69H,9-20H2,1-7H3/t22-,24-,25-,26+,27+,28+,29+,30+,31-,32+,33+,34+,35+,36-,37-,38-,39+,40+,41+,42+,43-,44-,45-,46-,47-,50-,51-,52+,53+,54-/m0/s1. The molecule has 0 radical (unpaired) electrons. The van der Waals surface area contributed by atoms with E-state index in [0.29, 0.717) is 51.4 Å². The van der Waals surface area contributed by atoms with Gasteiger partial charge in [0.1, 0.15) is 91.7 Å². The van der Waals surface area contributed by atoms with Gasteiger partial charge in [0.05, 0.1) is 49.0 Å². The summed E-state index contributed by atoms with van der Waals surface area (Å²) in [4.78, 5) is 29.2. The summed E-state index contributed by atoms with van der Waals surface area (Å²) in [6, 6.07) is 0. The Hall–Kier alpha value is -1.96. The van der Waals surface area contributed by atoms with Crippen molar-refractivity contribution >= 4 is 12.3 Å². The number of esters is 1. The Labute approximate surface area is 453 Å². The van der Waals surface area contributed by atoms with Crippen LogP contribution >= 0.6 is 0 Å². The van der Waals surface area contributed by atoms with Gasteiger partial charge in [0, 0.05) is 0 Å². The van der Waals surface area contributed by atoms with Crippen molar-refractivity contribution in [2.75, 3.05) is 19.8 Å². The van der Waals surface area contributed by atoms with E-state index in [1.54, 1.807) is 6.92 Å². The molecule has 0 bridgehead atoms. The minimum absolute atomic E-state index is 0.135. The summed E-state index contributed by atoms with van der Waals surface area (Å²) < 4.78 is 47.9. The van der Waals surface area contributed by atoms with E-state index in [9.17, 15) is 76.3 Å². The van der Waals surface area contributed by atoms with Gasteiger partial charge in [-0.15, -0.1) is 0 Å². The Bertz CT molecular complexity index is 2190. The summed E-state index contributed by atoms with van der Waals surface area (Å²) >= 11 is 0. The van der Waals surface area contributed by atoms with E-state index in [1.165, 1.54) is 6.92 Å². The molecule has 24 heteroatoms. The third-order valence-corrected chi connectivity index (χ3v) is 21.3. The second-order valence-corrected chi connectivity index (χ2v) is 26.1. The summed E-state index contributed by atoms with van der Waals surface area (Å²) in [5, 5.41) is 151. The predicted octanol–water partition coefficient (Wildman–Crippen LogP) is -2.86. The fourth-order valence-electron chi connectivity index (χ4n) is 16.4. The van der Waals surface area contributed by atoms with Crippen LogP contribution in [0, 0.1) is 50.2 Å². The summed E-state index contributed by atoms with van der Waals surface area (Å²) in [6.45, 7) is 11.7. The Morgan fingerprint density at radius 3 is 1.68 bits per heavy atom. The van der Waals surface area contributed by atoms with Gasteiger partial charge in [-0.2, -0.15) is 0 Å². The highest BCUT2D eigenvalue weighted by Crippen LogP contribution is 2.76. The van der Waals surface area contributed by atoms with Crippen molar-refractivity contribution in [2.45, 2.75) is 241 Å². The molecule has 30 atom stereocenters. The Morgan fingerprint density at radius 1 is 0.590 bits per heavy atom. The fraction of sp³-hybridized carbons (Fsp3) is 0.926. The molecule has 5 aliphatic carbocycles. The number of hydrogen-bond acceptors (Lipinski definition) is 24. The molecule has 8 fully saturated rings. The lowest BCUT2D eigenvalue weighted by molar-refractivity contribution is -0.381. The van der Waals surface area contributed by atoms with Crippen molar-refractivity contribution < 1.29 is 119 Å². The van der Waals surface area contributed by atoms with Crippen LogP contribution in [0.2, 0.25) is 0 Å². The number of rotatable bonds is 12. The minimum Gasteiger partial charge on any atom is -0.432 e. The lowest BCUT2D eigenvalue weighted by atomic mass is 9.33. The van der Waals surface area contributed by atoms with E-state index in [4.69, 9.17) is 37.9 Å². The maximum absolute atomic E-state index is 15.3. The van der Waals surface area contributed by atoms with Gasteiger partial charge in [0.2, 0.25) is 6.29 Å². The number of aliphatic hydroxyl groups is 14. The van der Waals surface area contributed by atoms with Gasteiger partial charge in [-0.05, 0) is 104 Å². The molecule has 0 aromatic rings. The van der Waals surface area contributed by atoms with Crippen molar-refractivity contribution in [1.29, 1.82) is 0 Å². The van der Waals surface area contributed by atoms with E-state index in [2.05, 4.69) is 40.7 Å². The van der Waals surface area contributed by atoms with E-state index >= 15 is 4.79 Å². The maximum atomic E-state index is 15.3. The molecule has 4 heterocycles. The van der Waals surface area contributed by atoms with Gasteiger partial charge in [0.15, 0.2) is 25.0 Å².